The topological polar surface area (TPSA) is 29.1 Å². The van der Waals surface area contributed by atoms with Gasteiger partial charge >= 0.3 is 0 Å². The second-order valence-electron chi connectivity index (χ2n) is 5.26. The van der Waals surface area contributed by atoms with Crippen LogP contribution >= 0.6 is 11.6 Å². The first kappa shape index (κ1) is 14.6. The molecule has 0 aliphatic carbocycles. The minimum Gasteiger partial charge on any atom is -0.322 e. The molecule has 0 fully saturated rings. The molecule has 2 rings (SSSR count). The highest BCUT2D eigenvalue weighted by atomic mass is 35.5. The van der Waals surface area contributed by atoms with Gasteiger partial charge in [-0.2, -0.15) is 0 Å². The van der Waals surface area contributed by atoms with E-state index in [9.17, 15) is 4.79 Å². The van der Waals surface area contributed by atoms with Crippen LogP contribution in [0.3, 0.4) is 0 Å². The van der Waals surface area contributed by atoms with Gasteiger partial charge in [0.1, 0.15) is 0 Å². The smallest absolute Gasteiger partial charge is 0.255 e. The molecule has 1 N–H and O–H groups in total. The molecule has 3 heteroatoms. The molecule has 0 bridgehead atoms. The summed E-state index contributed by atoms with van der Waals surface area (Å²) in [6.45, 7) is 4.36. The number of amides is 1. The molecule has 104 valence electrons. The monoisotopic (exact) mass is 287 g/mol. The number of benzene rings is 2. The van der Waals surface area contributed by atoms with Crippen molar-refractivity contribution in [2.24, 2.45) is 5.92 Å². The van der Waals surface area contributed by atoms with Crippen LogP contribution in [0.4, 0.5) is 5.69 Å². The van der Waals surface area contributed by atoms with E-state index in [1.54, 1.807) is 24.3 Å². The highest BCUT2D eigenvalue weighted by Gasteiger charge is 2.06. The molecule has 1 amide bonds. The van der Waals surface area contributed by atoms with Gasteiger partial charge in [0.05, 0.1) is 0 Å². The molecule has 2 aromatic carbocycles. The Morgan fingerprint density at radius 3 is 2.20 bits per heavy atom. The highest BCUT2D eigenvalue weighted by molar-refractivity contribution is 6.30. The van der Waals surface area contributed by atoms with Gasteiger partial charge in [-0.25, -0.2) is 0 Å². The average molecular weight is 288 g/mol. The molecule has 0 aliphatic heterocycles. The van der Waals surface area contributed by atoms with Crippen LogP contribution in [0.1, 0.15) is 29.8 Å². The first-order valence-corrected chi connectivity index (χ1v) is 7.08. The fourth-order valence-electron chi connectivity index (χ4n) is 2.00. The lowest BCUT2D eigenvalue weighted by Crippen LogP contribution is -2.11. The largest absolute Gasteiger partial charge is 0.322 e. The number of anilines is 1. The van der Waals surface area contributed by atoms with Crippen molar-refractivity contribution in [1.29, 1.82) is 0 Å². The Balaban J connectivity index is 2.03. The summed E-state index contributed by atoms with van der Waals surface area (Å²) in [5.41, 5.74) is 2.65. The maximum Gasteiger partial charge on any atom is 0.255 e. The maximum absolute atomic E-state index is 12.1. The molecule has 0 atom stereocenters. The Morgan fingerprint density at radius 2 is 1.65 bits per heavy atom. The van der Waals surface area contributed by atoms with Gasteiger partial charge in [0.25, 0.3) is 5.91 Å². The molecule has 0 unspecified atom stereocenters. The van der Waals surface area contributed by atoms with Crippen LogP contribution in [0.5, 0.6) is 0 Å². The van der Waals surface area contributed by atoms with Crippen LogP contribution in [0.15, 0.2) is 48.5 Å². The third-order valence-corrected chi connectivity index (χ3v) is 3.21. The molecule has 0 aliphatic rings. The standard InChI is InChI=1S/C17H18ClNO/c1-12(2)11-13-3-5-14(6-4-13)17(20)19-16-9-7-15(18)8-10-16/h3-10,12H,11H2,1-2H3,(H,19,20). The van der Waals surface area contributed by atoms with E-state index in [2.05, 4.69) is 19.2 Å². The van der Waals surface area contributed by atoms with Gasteiger partial charge < -0.3 is 5.32 Å². The lowest BCUT2D eigenvalue weighted by atomic mass is 10.0. The van der Waals surface area contributed by atoms with E-state index < -0.39 is 0 Å². The van der Waals surface area contributed by atoms with Crippen LogP contribution in [0.25, 0.3) is 0 Å². The number of carbonyl (C=O) groups excluding carboxylic acids is 1. The van der Waals surface area contributed by atoms with Crippen LogP contribution in [0, 0.1) is 5.92 Å². The van der Waals surface area contributed by atoms with Crippen molar-refractivity contribution in [3.8, 4) is 0 Å². The Labute approximate surface area is 124 Å². The van der Waals surface area contributed by atoms with Crippen molar-refractivity contribution >= 4 is 23.2 Å². The predicted octanol–water partition coefficient (Wildman–Crippen LogP) is 4.79. The third-order valence-electron chi connectivity index (χ3n) is 2.96. The zero-order chi connectivity index (χ0) is 14.5. The fraction of sp³-hybridized carbons (Fsp3) is 0.235. The van der Waals surface area contributed by atoms with E-state index in [0.29, 0.717) is 16.5 Å². The molecule has 2 nitrogen and oxygen atoms in total. The molecule has 0 heterocycles. The first-order chi connectivity index (χ1) is 9.54. The molecule has 2 aromatic rings. The van der Waals surface area contributed by atoms with Crippen molar-refractivity contribution < 1.29 is 4.79 Å². The lowest BCUT2D eigenvalue weighted by molar-refractivity contribution is 0.102. The molecule has 0 spiro atoms. The Kier molecular flexibility index (Phi) is 4.80. The second kappa shape index (κ2) is 6.58. The molecular formula is C17H18ClNO. The van der Waals surface area contributed by atoms with Crippen molar-refractivity contribution in [2.45, 2.75) is 20.3 Å². The van der Waals surface area contributed by atoms with Crippen LogP contribution in [-0.4, -0.2) is 5.91 Å². The van der Waals surface area contributed by atoms with Gasteiger partial charge in [-0.05, 0) is 54.3 Å². The summed E-state index contributed by atoms with van der Waals surface area (Å²) < 4.78 is 0. The molecular weight excluding hydrogens is 270 g/mol. The van der Waals surface area contributed by atoms with Crippen LogP contribution in [0.2, 0.25) is 5.02 Å². The first-order valence-electron chi connectivity index (χ1n) is 6.70. The average Bonchev–Trinajstić information content (AvgIpc) is 2.41. The normalized spacial score (nSPS) is 10.6. The van der Waals surface area contributed by atoms with Crippen LogP contribution < -0.4 is 5.32 Å². The molecule has 0 saturated carbocycles. The van der Waals surface area contributed by atoms with E-state index in [1.165, 1.54) is 5.56 Å². The molecule has 0 saturated heterocycles. The van der Waals surface area contributed by atoms with Gasteiger partial charge in [-0.1, -0.05) is 37.6 Å². The predicted molar refractivity (Wildman–Crippen MR) is 84.4 cm³/mol. The second-order valence-corrected chi connectivity index (χ2v) is 5.69. The van der Waals surface area contributed by atoms with E-state index in [-0.39, 0.29) is 5.91 Å². The summed E-state index contributed by atoms with van der Waals surface area (Å²) in [6.07, 6.45) is 1.03. The van der Waals surface area contributed by atoms with Gasteiger partial charge in [0, 0.05) is 16.3 Å². The van der Waals surface area contributed by atoms with Gasteiger partial charge in [-0.3, -0.25) is 4.79 Å². The van der Waals surface area contributed by atoms with Gasteiger partial charge in [-0.15, -0.1) is 0 Å². The minimum absolute atomic E-state index is 0.108. The van der Waals surface area contributed by atoms with E-state index >= 15 is 0 Å². The molecule has 0 radical (unpaired) electrons. The summed E-state index contributed by atoms with van der Waals surface area (Å²) in [5, 5.41) is 3.50. The Bertz CT molecular complexity index is 573. The number of rotatable bonds is 4. The SMILES string of the molecule is CC(C)Cc1ccc(C(=O)Nc2ccc(Cl)cc2)cc1. The Morgan fingerprint density at radius 1 is 1.05 bits per heavy atom. The highest BCUT2D eigenvalue weighted by Crippen LogP contribution is 2.15. The summed E-state index contributed by atoms with van der Waals surface area (Å²) in [5.74, 6) is 0.507. The lowest BCUT2D eigenvalue weighted by Gasteiger charge is -2.07. The summed E-state index contributed by atoms with van der Waals surface area (Å²) in [4.78, 5) is 12.1. The number of hydrogen-bond acceptors (Lipinski definition) is 1. The minimum atomic E-state index is -0.108. The quantitative estimate of drug-likeness (QED) is 0.860. The van der Waals surface area contributed by atoms with Gasteiger partial charge in [0.2, 0.25) is 0 Å². The summed E-state index contributed by atoms with van der Waals surface area (Å²) in [7, 11) is 0. The van der Waals surface area contributed by atoms with Crippen molar-refractivity contribution in [3.05, 3.63) is 64.7 Å². The zero-order valence-electron chi connectivity index (χ0n) is 11.7. The summed E-state index contributed by atoms with van der Waals surface area (Å²) in [6, 6.07) is 14.8. The molecule has 0 aromatic heterocycles. The Hall–Kier alpha value is -1.80. The number of nitrogens with one attached hydrogen (secondary N) is 1. The van der Waals surface area contributed by atoms with E-state index in [1.807, 2.05) is 24.3 Å². The van der Waals surface area contributed by atoms with E-state index in [4.69, 9.17) is 11.6 Å². The van der Waals surface area contributed by atoms with Crippen molar-refractivity contribution in [1.82, 2.24) is 0 Å². The van der Waals surface area contributed by atoms with Crippen molar-refractivity contribution in [2.75, 3.05) is 5.32 Å². The number of hydrogen-bond donors (Lipinski definition) is 1. The maximum atomic E-state index is 12.1. The van der Waals surface area contributed by atoms with Gasteiger partial charge in [0.15, 0.2) is 0 Å². The fourth-order valence-corrected chi connectivity index (χ4v) is 2.13. The molecule has 20 heavy (non-hydrogen) atoms. The number of halogens is 1. The number of carbonyl (C=O) groups is 1. The van der Waals surface area contributed by atoms with E-state index in [0.717, 1.165) is 12.1 Å². The summed E-state index contributed by atoms with van der Waals surface area (Å²) >= 11 is 5.81. The zero-order valence-corrected chi connectivity index (χ0v) is 12.4. The third kappa shape index (κ3) is 4.10. The van der Waals surface area contributed by atoms with Crippen LogP contribution in [-0.2, 0) is 6.42 Å². The van der Waals surface area contributed by atoms with Crippen molar-refractivity contribution in [3.63, 3.8) is 0 Å².